The molecule has 0 aromatic rings. The van der Waals surface area contributed by atoms with Crippen molar-refractivity contribution in [2.24, 2.45) is 11.3 Å². The molecule has 0 N–H and O–H groups in total. The first kappa shape index (κ1) is 16.5. The van der Waals surface area contributed by atoms with E-state index in [0.717, 1.165) is 38.3 Å². The Morgan fingerprint density at radius 1 is 1.26 bits per heavy atom. The Morgan fingerprint density at radius 3 is 2.47 bits per heavy atom. The van der Waals surface area contributed by atoms with Gasteiger partial charge in [-0.05, 0) is 43.9 Å². The fraction of sp³-hybridized carbons (Fsp3) is 0.938. The van der Waals surface area contributed by atoms with Gasteiger partial charge in [0.15, 0.2) is 0 Å². The van der Waals surface area contributed by atoms with Crippen LogP contribution >= 0.6 is 0 Å². The van der Waals surface area contributed by atoms with Gasteiger partial charge in [-0.3, -0.25) is 4.79 Å². The van der Waals surface area contributed by atoms with Gasteiger partial charge in [0.25, 0.3) is 5.91 Å². The van der Waals surface area contributed by atoms with Crippen molar-refractivity contribution in [1.82, 2.24) is 4.90 Å². The Bertz CT molecular complexity index is 283. The van der Waals surface area contributed by atoms with E-state index in [0.29, 0.717) is 12.0 Å². The second kappa shape index (κ2) is 7.28. The summed E-state index contributed by atoms with van der Waals surface area (Å²) >= 11 is 0. The Labute approximate surface area is 118 Å². The third-order valence-corrected chi connectivity index (χ3v) is 4.28. The van der Waals surface area contributed by atoms with Crippen molar-refractivity contribution >= 4 is 5.91 Å². The highest BCUT2D eigenvalue weighted by Gasteiger charge is 2.30. The summed E-state index contributed by atoms with van der Waals surface area (Å²) in [4.78, 5) is 14.5. The summed E-state index contributed by atoms with van der Waals surface area (Å²) in [7, 11) is 0. The molecule has 3 nitrogen and oxygen atoms in total. The van der Waals surface area contributed by atoms with Gasteiger partial charge in [0.2, 0.25) is 0 Å². The molecule has 0 radical (unpaired) electrons. The predicted molar refractivity (Wildman–Crippen MR) is 79.1 cm³/mol. The zero-order valence-corrected chi connectivity index (χ0v) is 13.4. The molecule has 1 fully saturated rings. The maximum absolute atomic E-state index is 12.4. The Balaban J connectivity index is 2.59. The van der Waals surface area contributed by atoms with Crippen molar-refractivity contribution in [3.05, 3.63) is 0 Å². The molecule has 0 saturated carbocycles. The minimum atomic E-state index is -0.240. The summed E-state index contributed by atoms with van der Waals surface area (Å²) in [6, 6.07) is 0. The van der Waals surface area contributed by atoms with Gasteiger partial charge < -0.3 is 9.64 Å². The number of hydrogen-bond donors (Lipinski definition) is 0. The SMILES string of the molecule is CCOC(CC)C(=O)N1CCCC(C(C)(C)C)CC1. The average molecular weight is 269 g/mol. The van der Waals surface area contributed by atoms with Crippen LogP contribution in [-0.4, -0.2) is 36.6 Å². The Hall–Kier alpha value is -0.570. The maximum Gasteiger partial charge on any atom is 0.251 e. The maximum atomic E-state index is 12.4. The van der Waals surface area contributed by atoms with E-state index in [1.807, 2.05) is 18.7 Å². The van der Waals surface area contributed by atoms with Gasteiger partial charge in [0.1, 0.15) is 6.10 Å². The zero-order valence-electron chi connectivity index (χ0n) is 13.4. The number of nitrogens with zero attached hydrogens (tertiary/aromatic N) is 1. The van der Waals surface area contributed by atoms with Crippen molar-refractivity contribution in [1.29, 1.82) is 0 Å². The second-order valence-electron chi connectivity index (χ2n) is 6.67. The summed E-state index contributed by atoms with van der Waals surface area (Å²) in [5.74, 6) is 0.913. The summed E-state index contributed by atoms with van der Waals surface area (Å²) in [6.45, 7) is 13.3. The van der Waals surface area contributed by atoms with E-state index in [4.69, 9.17) is 4.74 Å². The number of likely N-dealkylation sites (tertiary alicyclic amines) is 1. The van der Waals surface area contributed by atoms with Crippen molar-refractivity contribution in [3.8, 4) is 0 Å². The van der Waals surface area contributed by atoms with Gasteiger partial charge in [-0.2, -0.15) is 0 Å². The van der Waals surface area contributed by atoms with Crippen LogP contribution in [0.2, 0.25) is 0 Å². The van der Waals surface area contributed by atoms with Crippen LogP contribution in [0.5, 0.6) is 0 Å². The first-order valence-electron chi connectivity index (χ1n) is 7.80. The van der Waals surface area contributed by atoms with E-state index >= 15 is 0 Å². The first-order valence-corrected chi connectivity index (χ1v) is 7.80. The summed E-state index contributed by atoms with van der Waals surface area (Å²) in [6.07, 6.45) is 4.01. The van der Waals surface area contributed by atoms with Crippen LogP contribution < -0.4 is 0 Å². The molecule has 1 aliphatic rings. The molecule has 0 aromatic carbocycles. The summed E-state index contributed by atoms with van der Waals surface area (Å²) in [5, 5.41) is 0. The van der Waals surface area contributed by atoms with Crippen molar-refractivity contribution in [2.45, 2.75) is 66.4 Å². The molecule has 1 amide bonds. The highest BCUT2D eigenvalue weighted by atomic mass is 16.5. The van der Waals surface area contributed by atoms with Crippen molar-refractivity contribution < 1.29 is 9.53 Å². The number of hydrogen-bond acceptors (Lipinski definition) is 2. The molecule has 2 unspecified atom stereocenters. The lowest BCUT2D eigenvalue weighted by molar-refractivity contribution is -0.143. The fourth-order valence-electron chi connectivity index (χ4n) is 2.95. The van der Waals surface area contributed by atoms with Crippen LogP contribution in [0.1, 0.15) is 60.3 Å². The van der Waals surface area contributed by atoms with E-state index in [-0.39, 0.29) is 12.0 Å². The van der Waals surface area contributed by atoms with Crippen LogP contribution in [0, 0.1) is 11.3 Å². The molecule has 1 saturated heterocycles. The lowest BCUT2D eigenvalue weighted by atomic mass is 9.77. The lowest BCUT2D eigenvalue weighted by Gasteiger charge is -2.30. The average Bonchev–Trinajstić information content (AvgIpc) is 2.60. The Morgan fingerprint density at radius 2 is 1.95 bits per heavy atom. The Kier molecular flexibility index (Phi) is 6.31. The quantitative estimate of drug-likeness (QED) is 0.782. The highest BCUT2D eigenvalue weighted by Crippen LogP contribution is 2.34. The number of amides is 1. The van der Waals surface area contributed by atoms with Gasteiger partial charge in [-0.15, -0.1) is 0 Å². The van der Waals surface area contributed by atoms with Crippen molar-refractivity contribution in [3.63, 3.8) is 0 Å². The minimum absolute atomic E-state index is 0.193. The van der Waals surface area contributed by atoms with Crippen molar-refractivity contribution in [2.75, 3.05) is 19.7 Å². The molecule has 2 atom stereocenters. The second-order valence-corrected chi connectivity index (χ2v) is 6.67. The molecule has 3 heteroatoms. The number of carbonyl (C=O) groups excluding carboxylic acids is 1. The van der Waals surface area contributed by atoms with Crippen LogP contribution in [0.25, 0.3) is 0 Å². The van der Waals surface area contributed by atoms with E-state index in [9.17, 15) is 4.79 Å². The zero-order chi connectivity index (χ0) is 14.5. The molecule has 112 valence electrons. The lowest BCUT2D eigenvalue weighted by Crippen LogP contribution is -2.41. The van der Waals surface area contributed by atoms with Gasteiger partial charge in [0, 0.05) is 19.7 Å². The van der Waals surface area contributed by atoms with Gasteiger partial charge in [0.05, 0.1) is 0 Å². The molecule has 0 aromatic heterocycles. The van der Waals surface area contributed by atoms with Crippen LogP contribution in [-0.2, 0) is 9.53 Å². The van der Waals surface area contributed by atoms with Crippen LogP contribution in [0.15, 0.2) is 0 Å². The van der Waals surface area contributed by atoms with E-state index in [1.165, 1.54) is 6.42 Å². The van der Waals surface area contributed by atoms with Gasteiger partial charge in [-0.1, -0.05) is 27.7 Å². The van der Waals surface area contributed by atoms with Gasteiger partial charge >= 0.3 is 0 Å². The molecular formula is C16H31NO2. The largest absolute Gasteiger partial charge is 0.369 e. The number of rotatable bonds is 4. The molecule has 19 heavy (non-hydrogen) atoms. The number of ether oxygens (including phenoxy) is 1. The first-order chi connectivity index (χ1) is 8.90. The summed E-state index contributed by atoms with van der Waals surface area (Å²) in [5.41, 5.74) is 0.350. The molecule has 0 aliphatic carbocycles. The van der Waals surface area contributed by atoms with Gasteiger partial charge in [-0.25, -0.2) is 0 Å². The molecule has 1 rings (SSSR count). The number of carbonyl (C=O) groups is 1. The third kappa shape index (κ3) is 4.79. The van der Waals surface area contributed by atoms with E-state index < -0.39 is 0 Å². The summed E-state index contributed by atoms with van der Waals surface area (Å²) < 4.78 is 5.55. The monoisotopic (exact) mass is 269 g/mol. The predicted octanol–water partition coefficient (Wildman–Crippen LogP) is 3.48. The molecule has 0 bridgehead atoms. The molecule has 0 spiro atoms. The normalized spacial score (nSPS) is 23.0. The van der Waals surface area contributed by atoms with Crippen LogP contribution in [0.4, 0.5) is 0 Å². The smallest absolute Gasteiger partial charge is 0.251 e. The molecule has 1 heterocycles. The molecular weight excluding hydrogens is 238 g/mol. The van der Waals surface area contributed by atoms with E-state index in [2.05, 4.69) is 20.8 Å². The highest BCUT2D eigenvalue weighted by molar-refractivity contribution is 5.80. The fourth-order valence-corrected chi connectivity index (χ4v) is 2.95. The minimum Gasteiger partial charge on any atom is -0.369 e. The topological polar surface area (TPSA) is 29.5 Å². The molecule has 1 aliphatic heterocycles. The van der Waals surface area contributed by atoms with E-state index in [1.54, 1.807) is 0 Å². The van der Waals surface area contributed by atoms with Crippen LogP contribution in [0.3, 0.4) is 0 Å². The standard InChI is InChI=1S/C16H31NO2/c1-6-14(19-7-2)15(18)17-11-8-9-13(10-12-17)16(3,4)5/h13-14H,6-12H2,1-5H3. The third-order valence-electron chi connectivity index (χ3n) is 4.28.